The van der Waals surface area contributed by atoms with Crippen molar-refractivity contribution in [1.29, 1.82) is 0 Å². The highest BCUT2D eigenvalue weighted by molar-refractivity contribution is 7.99. The molecule has 0 aliphatic rings. The molecule has 4 aromatic rings. The summed E-state index contributed by atoms with van der Waals surface area (Å²) in [6, 6.07) is 24.8. The first-order valence-electron chi connectivity index (χ1n) is 10.2. The van der Waals surface area contributed by atoms with Crippen molar-refractivity contribution in [2.24, 2.45) is 0 Å². The van der Waals surface area contributed by atoms with E-state index in [0.29, 0.717) is 39.8 Å². The molecule has 0 saturated heterocycles. The van der Waals surface area contributed by atoms with Crippen molar-refractivity contribution in [2.45, 2.75) is 18.2 Å². The molecule has 0 radical (unpaired) electrons. The molecule has 1 aromatic heterocycles. The minimum absolute atomic E-state index is 0.0724. The molecule has 33 heavy (non-hydrogen) atoms. The molecule has 2 N–H and O–H groups in total. The maximum absolute atomic E-state index is 12.4. The van der Waals surface area contributed by atoms with Crippen LogP contribution in [0.15, 0.2) is 84.0 Å². The van der Waals surface area contributed by atoms with Crippen molar-refractivity contribution >= 4 is 46.6 Å². The van der Waals surface area contributed by atoms with E-state index in [2.05, 4.69) is 20.8 Å². The quantitative estimate of drug-likeness (QED) is 0.294. The number of thioether (sulfide) groups is 1. The van der Waals surface area contributed by atoms with Gasteiger partial charge in [-0.1, -0.05) is 83.5 Å². The highest BCUT2D eigenvalue weighted by Crippen LogP contribution is 2.27. The number of anilines is 1. The number of hydrogen-bond donors (Lipinski definition) is 2. The summed E-state index contributed by atoms with van der Waals surface area (Å²) in [6.07, 6.45) is 0. The zero-order valence-electron chi connectivity index (χ0n) is 17.5. The average Bonchev–Trinajstić information content (AvgIpc) is 3.26. The number of hydrogen-bond acceptors (Lipinski definition) is 5. The molecule has 0 spiro atoms. The van der Waals surface area contributed by atoms with Crippen molar-refractivity contribution in [2.75, 3.05) is 11.1 Å². The van der Waals surface area contributed by atoms with E-state index < -0.39 is 0 Å². The number of rotatable bonds is 9. The zero-order valence-corrected chi connectivity index (χ0v) is 19.9. The standard InChI is InChI=1S/C24H21Cl2N5OS/c25-18-11-12-20(26)21(13-18)27-15-22-29-30-24(31(22)19-9-5-2-6-10-19)33-16-23(32)28-14-17-7-3-1-4-8-17/h1-13,27H,14-16H2,(H,28,32). The predicted octanol–water partition coefficient (Wildman–Crippen LogP) is 5.59. The maximum Gasteiger partial charge on any atom is 0.230 e. The van der Waals surface area contributed by atoms with Gasteiger partial charge in [-0.15, -0.1) is 10.2 Å². The first kappa shape index (κ1) is 23.2. The first-order chi connectivity index (χ1) is 16.1. The number of nitrogens with zero attached hydrogens (tertiary/aromatic N) is 3. The fourth-order valence-corrected chi connectivity index (χ4v) is 4.29. The zero-order chi connectivity index (χ0) is 23.0. The van der Waals surface area contributed by atoms with Crippen LogP contribution < -0.4 is 10.6 Å². The third kappa shape index (κ3) is 6.28. The Hall–Kier alpha value is -3.00. The lowest BCUT2D eigenvalue weighted by molar-refractivity contribution is -0.118. The van der Waals surface area contributed by atoms with Crippen molar-refractivity contribution in [1.82, 2.24) is 20.1 Å². The molecule has 1 amide bonds. The highest BCUT2D eigenvalue weighted by atomic mass is 35.5. The van der Waals surface area contributed by atoms with Gasteiger partial charge in [-0.3, -0.25) is 9.36 Å². The van der Waals surface area contributed by atoms with Crippen LogP contribution in [0.5, 0.6) is 0 Å². The lowest BCUT2D eigenvalue weighted by atomic mass is 10.2. The molecule has 0 unspecified atom stereocenters. The van der Waals surface area contributed by atoms with Crippen molar-refractivity contribution < 1.29 is 4.79 Å². The summed E-state index contributed by atoms with van der Waals surface area (Å²) in [5, 5.41) is 16.7. The number of para-hydroxylation sites is 1. The third-order valence-electron chi connectivity index (χ3n) is 4.75. The Bertz CT molecular complexity index is 1220. The molecular weight excluding hydrogens is 477 g/mol. The van der Waals surface area contributed by atoms with Gasteiger partial charge in [0.15, 0.2) is 11.0 Å². The normalized spacial score (nSPS) is 10.7. The summed E-state index contributed by atoms with van der Waals surface area (Å²) in [4.78, 5) is 12.4. The number of aromatic nitrogens is 3. The Labute approximate surface area is 206 Å². The number of carbonyl (C=O) groups is 1. The molecule has 0 aliphatic carbocycles. The van der Waals surface area contributed by atoms with Gasteiger partial charge in [-0.25, -0.2) is 0 Å². The fraction of sp³-hybridized carbons (Fsp3) is 0.125. The molecule has 168 valence electrons. The highest BCUT2D eigenvalue weighted by Gasteiger charge is 2.16. The second kappa shape index (κ2) is 11.2. The van der Waals surface area contributed by atoms with Gasteiger partial charge in [0.25, 0.3) is 0 Å². The molecule has 0 saturated carbocycles. The van der Waals surface area contributed by atoms with Gasteiger partial charge >= 0.3 is 0 Å². The predicted molar refractivity (Wildman–Crippen MR) is 134 cm³/mol. The molecule has 0 aliphatic heterocycles. The topological polar surface area (TPSA) is 71.8 Å². The molecule has 1 heterocycles. The van der Waals surface area contributed by atoms with E-state index in [1.165, 1.54) is 11.8 Å². The van der Waals surface area contributed by atoms with E-state index in [9.17, 15) is 4.79 Å². The van der Waals surface area contributed by atoms with Crippen LogP contribution in [-0.2, 0) is 17.9 Å². The van der Waals surface area contributed by atoms with Gasteiger partial charge < -0.3 is 10.6 Å². The first-order valence-corrected chi connectivity index (χ1v) is 12.0. The monoisotopic (exact) mass is 497 g/mol. The number of amides is 1. The van der Waals surface area contributed by atoms with E-state index in [0.717, 1.165) is 11.3 Å². The molecular formula is C24H21Cl2N5OS. The van der Waals surface area contributed by atoms with E-state index in [1.807, 2.05) is 65.2 Å². The number of nitrogens with one attached hydrogen (secondary N) is 2. The third-order valence-corrected chi connectivity index (χ3v) is 6.24. The van der Waals surface area contributed by atoms with E-state index in [1.54, 1.807) is 18.2 Å². The van der Waals surface area contributed by atoms with Crippen LogP contribution in [0.4, 0.5) is 5.69 Å². The van der Waals surface area contributed by atoms with Crippen LogP contribution in [-0.4, -0.2) is 26.4 Å². The fourth-order valence-electron chi connectivity index (χ4n) is 3.13. The van der Waals surface area contributed by atoms with Gasteiger partial charge in [0.1, 0.15) is 0 Å². The van der Waals surface area contributed by atoms with E-state index >= 15 is 0 Å². The Morgan fingerprint density at radius 3 is 2.39 bits per heavy atom. The second-order valence-electron chi connectivity index (χ2n) is 7.10. The minimum atomic E-state index is -0.0724. The van der Waals surface area contributed by atoms with Crippen molar-refractivity contribution in [3.8, 4) is 5.69 Å². The molecule has 9 heteroatoms. The molecule has 0 atom stereocenters. The Morgan fingerprint density at radius 1 is 0.909 bits per heavy atom. The van der Waals surface area contributed by atoms with E-state index in [4.69, 9.17) is 23.2 Å². The summed E-state index contributed by atoms with van der Waals surface area (Å²) in [5.74, 6) is 0.840. The van der Waals surface area contributed by atoms with Gasteiger partial charge in [0.05, 0.1) is 23.0 Å². The summed E-state index contributed by atoms with van der Waals surface area (Å²) in [6.45, 7) is 0.865. The van der Waals surface area contributed by atoms with Crippen molar-refractivity contribution in [3.05, 3.63) is 100 Å². The molecule has 4 rings (SSSR count). The smallest absolute Gasteiger partial charge is 0.230 e. The van der Waals surface area contributed by atoms with Crippen LogP contribution in [0.2, 0.25) is 10.0 Å². The van der Waals surface area contributed by atoms with Gasteiger partial charge in [-0.2, -0.15) is 0 Å². The lowest BCUT2D eigenvalue weighted by Gasteiger charge is -2.12. The molecule has 6 nitrogen and oxygen atoms in total. The van der Waals surface area contributed by atoms with Gasteiger partial charge in [0.2, 0.25) is 5.91 Å². The summed E-state index contributed by atoms with van der Waals surface area (Å²) in [5.41, 5.74) is 2.67. The average molecular weight is 498 g/mol. The van der Waals surface area contributed by atoms with E-state index in [-0.39, 0.29) is 11.7 Å². The van der Waals surface area contributed by atoms with Gasteiger partial charge in [-0.05, 0) is 35.9 Å². The number of benzene rings is 3. The summed E-state index contributed by atoms with van der Waals surface area (Å²) >= 11 is 13.7. The van der Waals surface area contributed by atoms with Crippen LogP contribution in [0, 0.1) is 0 Å². The summed E-state index contributed by atoms with van der Waals surface area (Å²) in [7, 11) is 0. The minimum Gasteiger partial charge on any atom is -0.376 e. The van der Waals surface area contributed by atoms with Crippen LogP contribution in [0.3, 0.4) is 0 Å². The van der Waals surface area contributed by atoms with Gasteiger partial charge in [0, 0.05) is 17.3 Å². The maximum atomic E-state index is 12.4. The molecule has 0 bridgehead atoms. The number of carbonyl (C=O) groups excluding carboxylic acids is 1. The largest absolute Gasteiger partial charge is 0.376 e. The Morgan fingerprint density at radius 2 is 1.64 bits per heavy atom. The SMILES string of the molecule is O=C(CSc1nnc(CNc2cc(Cl)ccc2Cl)n1-c1ccccc1)NCc1ccccc1. The van der Waals surface area contributed by atoms with Crippen LogP contribution in [0.25, 0.3) is 5.69 Å². The summed E-state index contributed by atoms with van der Waals surface area (Å²) < 4.78 is 1.93. The number of halogens is 2. The molecule has 0 fully saturated rings. The van der Waals surface area contributed by atoms with Crippen molar-refractivity contribution in [3.63, 3.8) is 0 Å². The van der Waals surface area contributed by atoms with Crippen LogP contribution in [0.1, 0.15) is 11.4 Å². The lowest BCUT2D eigenvalue weighted by Crippen LogP contribution is -2.24. The molecule has 3 aromatic carbocycles. The Balaban J connectivity index is 1.46. The second-order valence-corrected chi connectivity index (χ2v) is 8.88. The van der Waals surface area contributed by atoms with Crippen LogP contribution >= 0.6 is 35.0 Å². The Kier molecular flexibility index (Phi) is 7.88.